The van der Waals surface area contributed by atoms with Crippen molar-refractivity contribution in [2.24, 2.45) is 0 Å². The highest BCUT2D eigenvalue weighted by molar-refractivity contribution is 5.14. The van der Waals surface area contributed by atoms with E-state index in [0.29, 0.717) is 5.92 Å². The third-order valence-corrected chi connectivity index (χ3v) is 1.91. The molecule has 1 aromatic rings. The van der Waals surface area contributed by atoms with E-state index in [1.54, 1.807) is 0 Å². The average molecular weight is 152 g/mol. The first-order valence-electron chi connectivity index (χ1n) is 4.00. The molecule has 0 atom stereocenters. The Bertz CT molecular complexity index is 240. The number of rotatable bonds is 3. The highest BCUT2D eigenvalue weighted by atomic mass is 16.5. The molecular weight excluding hydrogens is 140 g/mol. The Morgan fingerprint density at radius 3 is 3.18 bits per heavy atom. The number of aromatic nitrogens is 1. The van der Waals surface area contributed by atoms with E-state index in [-0.39, 0.29) is 0 Å². The van der Waals surface area contributed by atoms with Crippen LogP contribution < -0.4 is 5.32 Å². The lowest BCUT2D eigenvalue weighted by Crippen LogP contribution is -2.04. The van der Waals surface area contributed by atoms with Gasteiger partial charge in [0.25, 0.3) is 0 Å². The Morgan fingerprint density at radius 2 is 2.55 bits per heavy atom. The van der Waals surface area contributed by atoms with E-state index in [2.05, 4.69) is 10.5 Å². The average Bonchev–Trinajstić information content (AvgIpc) is 2.75. The largest absolute Gasteiger partial charge is 0.361 e. The maximum atomic E-state index is 5.15. The summed E-state index contributed by atoms with van der Waals surface area (Å²) in [6, 6.07) is 2.05. The second kappa shape index (κ2) is 2.66. The number of hydrogen-bond acceptors (Lipinski definition) is 3. The molecule has 0 amide bonds. The molecule has 2 rings (SSSR count). The molecule has 1 aliphatic rings. The molecule has 1 saturated carbocycles. The van der Waals surface area contributed by atoms with Gasteiger partial charge < -0.3 is 9.84 Å². The molecule has 3 nitrogen and oxygen atoms in total. The molecule has 60 valence electrons. The summed E-state index contributed by atoms with van der Waals surface area (Å²) in [5.74, 6) is 1.74. The smallest absolute Gasteiger partial charge is 0.140 e. The van der Waals surface area contributed by atoms with Gasteiger partial charge in [0.2, 0.25) is 0 Å². The van der Waals surface area contributed by atoms with E-state index in [4.69, 9.17) is 4.52 Å². The van der Waals surface area contributed by atoms with Crippen LogP contribution in [0.15, 0.2) is 10.6 Å². The third kappa shape index (κ3) is 1.43. The fourth-order valence-corrected chi connectivity index (χ4v) is 1.15. The van der Waals surface area contributed by atoms with Crippen LogP contribution in [0.25, 0.3) is 0 Å². The normalized spacial score (nSPS) is 17.2. The Kier molecular flexibility index (Phi) is 1.66. The quantitative estimate of drug-likeness (QED) is 0.708. The van der Waals surface area contributed by atoms with Gasteiger partial charge in [0.1, 0.15) is 5.76 Å². The molecule has 0 radical (unpaired) electrons. The molecule has 0 aromatic carbocycles. The van der Waals surface area contributed by atoms with Gasteiger partial charge in [-0.2, -0.15) is 0 Å². The topological polar surface area (TPSA) is 38.1 Å². The third-order valence-electron chi connectivity index (χ3n) is 1.91. The fourth-order valence-electron chi connectivity index (χ4n) is 1.15. The van der Waals surface area contributed by atoms with Gasteiger partial charge in [-0.25, -0.2) is 0 Å². The second-order valence-corrected chi connectivity index (χ2v) is 3.03. The van der Waals surface area contributed by atoms with Crippen LogP contribution in [0.4, 0.5) is 0 Å². The zero-order valence-electron chi connectivity index (χ0n) is 6.63. The van der Waals surface area contributed by atoms with Crippen molar-refractivity contribution in [3.05, 3.63) is 17.5 Å². The van der Waals surface area contributed by atoms with Crippen LogP contribution in [0, 0.1) is 0 Å². The number of hydrogen-bond donors (Lipinski definition) is 1. The second-order valence-electron chi connectivity index (χ2n) is 3.03. The SMILES string of the molecule is CNCc1cc(C2CC2)on1. The van der Waals surface area contributed by atoms with Crippen LogP contribution in [0.5, 0.6) is 0 Å². The summed E-state index contributed by atoms with van der Waals surface area (Å²) >= 11 is 0. The predicted molar refractivity (Wildman–Crippen MR) is 41.2 cm³/mol. The van der Waals surface area contributed by atoms with Crippen LogP contribution in [-0.2, 0) is 6.54 Å². The Labute approximate surface area is 65.8 Å². The minimum absolute atomic E-state index is 0.674. The molecule has 0 saturated heterocycles. The molecule has 1 fully saturated rings. The molecule has 1 heterocycles. The summed E-state index contributed by atoms with van der Waals surface area (Å²) in [7, 11) is 1.91. The first kappa shape index (κ1) is 6.85. The van der Waals surface area contributed by atoms with Gasteiger partial charge in [0.05, 0.1) is 5.69 Å². The molecule has 0 aliphatic heterocycles. The zero-order valence-corrected chi connectivity index (χ0v) is 6.63. The molecule has 0 spiro atoms. The molecule has 1 N–H and O–H groups in total. The van der Waals surface area contributed by atoms with E-state index in [9.17, 15) is 0 Å². The Balaban J connectivity index is 2.06. The summed E-state index contributed by atoms with van der Waals surface area (Å²) in [6.07, 6.45) is 2.54. The zero-order chi connectivity index (χ0) is 7.68. The van der Waals surface area contributed by atoms with Crippen LogP contribution in [0.2, 0.25) is 0 Å². The van der Waals surface area contributed by atoms with Gasteiger partial charge >= 0.3 is 0 Å². The lowest BCUT2D eigenvalue weighted by Gasteiger charge is -1.87. The van der Waals surface area contributed by atoms with E-state index in [1.165, 1.54) is 12.8 Å². The molecule has 3 heteroatoms. The maximum Gasteiger partial charge on any atom is 0.140 e. The van der Waals surface area contributed by atoms with Crippen LogP contribution in [0.3, 0.4) is 0 Å². The van der Waals surface area contributed by atoms with Crippen molar-refractivity contribution in [2.45, 2.75) is 25.3 Å². The van der Waals surface area contributed by atoms with Gasteiger partial charge in [-0.05, 0) is 19.9 Å². The van der Waals surface area contributed by atoms with Crippen molar-refractivity contribution in [1.82, 2.24) is 10.5 Å². The first-order valence-corrected chi connectivity index (χ1v) is 4.00. The van der Waals surface area contributed by atoms with Crippen molar-refractivity contribution in [3.8, 4) is 0 Å². The van der Waals surface area contributed by atoms with Crippen molar-refractivity contribution < 1.29 is 4.52 Å². The lowest BCUT2D eigenvalue weighted by atomic mass is 10.3. The van der Waals surface area contributed by atoms with Crippen molar-refractivity contribution in [1.29, 1.82) is 0 Å². The Hall–Kier alpha value is -0.830. The van der Waals surface area contributed by atoms with Gasteiger partial charge in [-0.1, -0.05) is 5.16 Å². The van der Waals surface area contributed by atoms with Crippen molar-refractivity contribution in [2.75, 3.05) is 7.05 Å². The van der Waals surface area contributed by atoms with Gasteiger partial charge in [0, 0.05) is 18.5 Å². The minimum Gasteiger partial charge on any atom is -0.361 e. The highest BCUT2D eigenvalue weighted by Gasteiger charge is 2.27. The van der Waals surface area contributed by atoms with E-state index in [1.807, 2.05) is 13.1 Å². The summed E-state index contributed by atoms with van der Waals surface area (Å²) in [6.45, 7) is 0.802. The molecule has 0 unspecified atom stereocenters. The lowest BCUT2D eigenvalue weighted by molar-refractivity contribution is 0.377. The van der Waals surface area contributed by atoms with E-state index in [0.717, 1.165) is 18.0 Å². The van der Waals surface area contributed by atoms with E-state index < -0.39 is 0 Å². The van der Waals surface area contributed by atoms with Gasteiger partial charge in [0.15, 0.2) is 0 Å². The summed E-state index contributed by atoms with van der Waals surface area (Å²) in [5, 5.41) is 6.96. The first-order chi connectivity index (χ1) is 5.40. The predicted octanol–water partition coefficient (Wildman–Crippen LogP) is 1.27. The molecule has 1 aromatic heterocycles. The van der Waals surface area contributed by atoms with Crippen molar-refractivity contribution >= 4 is 0 Å². The number of nitrogens with one attached hydrogen (secondary N) is 1. The van der Waals surface area contributed by atoms with E-state index >= 15 is 0 Å². The summed E-state index contributed by atoms with van der Waals surface area (Å²) in [4.78, 5) is 0. The Morgan fingerprint density at radius 1 is 1.73 bits per heavy atom. The van der Waals surface area contributed by atoms with Crippen LogP contribution in [-0.4, -0.2) is 12.2 Å². The standard InChI is InChI=1S/C8H12N2O/c1-9-5-7-4-8(11-10-7)6-2-3-6/h4,6,9H,2-3,5H2,1H3. The maximum absolute atomic E-state index is 5.15. The van der Waals surface area contributed by atoms with Crippen molar-refractivity contribution in [3.63, 3.8) is 0 Å². The monoisotopic (exact) mass is 152 g/mol. The molecule has 11 heavy (non-hydrogen) atoms. The fraction of sp³-hybridized carbons (Fsp3) is 0.625. The van der Waals surface area contributed by atoms with Crippen LogP contribution in [0.1, 0.15) is 30.2 Å². The molecule has 0 bridgehead atoms. The summed E-state index contributed by atoms with van der Waals surface area (Å²) < 4.78 is 5.15. The minimum atomic E-state index is 0.674. The molecule has 1 aliphatic carbocycles. The highest BCUT2D eigenvalue weighted by Crippen LogP contribution is 2.40. The van der Waals surface area contributed by atoms with Gasteiger partial charge in [-0.15, -0.1) is 0 Å². The number of nitrogens with zero attached hydrogens (tertiary/aromatic N) is 1. The summed E-state index contributed by atoms with van der Waals surface area (Å²) in [5.41, 5.74) is 1.01. The molecular formula is C8H12N2O. The van der Waals surface area contributed by atoms with Gasteiger partial charge in [-0.3, -0.25) is 0 Å². The van der Waals surface area contributed by atoms with Crippen LogP contribution >= 0.6 is 0 Å².